The summed E-state index contributed by atoms with van der Waals surface area (Å²) in [5.74, 6) is 15.0. The minimum absolute atomic E-state index is 0.0598. The van der Waals surface area contributed by atoms with E-state index in [4.69, 9.17) is 9.47 Å². The number of aliphatic hydroxyl groups excluding tert-OH is 2. The lowest BCUT2D eigenvalue weighted by Gasteiger charge is -2.76. The Labute approximate surface area is 539 Å². The first-order valence-electron chi connectivity index (χ1n) is 36.5. The van der Waals surface area contributed by atoms with Crippen LogP contribution in [0.2, 0.25) is 0 Å². The van der Waals surface area contributed by atoms with Gasteiger partial charge in [0.15, 0.2) is 0 Å². The fourth-order valence-electron chi connectivity index (χ4n) is 28.3. The van der Waals surface area contributed by atoms with Gasteiger partial charge in [-0.1, -0.05) is 104 Å². The number of carbonyl (C=O) groups excluding carboxylic acids is 2. The predicted octanol–water partition coefficient (Wildman–Crippen LogP) is 11.2. The van der Waals surface area contributed by atoms with Gasteiger partial charge in [-0.25, -0.2) is 4.79 Å². The molecule has 3 aliphatic heterocycles. The van der Waals surface area contributed by atoms with Crippen molar-refractivity contribution in [3.05, 3.63) is 118 Å². The molecular weight excluding hydrogens is 1130 g/mol. The maximum Gasteiger partial charge on any atom is 0.331 e. The highest BCUT2D eigenvalue weighted by molar-refractivity contribution is 5.87. The molecule has 0 amide bonds. The van der Waals surface area contributed by atoms with Gasteiger partial charge < -0.3 is 45.1 Å². The van der Waals surface area contributed by atoms with E-state index >= 15 is 20.1 Å². The Kier molecular flexibility index (Phi) is 13.4. The van der Waals surface area contributed by atoms with Crippen LogP contribution in [-0.2, 0) is 44.9 Å². The molecule has 26 atom stereocenters. The summed E-state index contributed by atoms with van der Waals surface area (Å²) < 4.78 is 14.8. The van der Waals surface area contributed by atoms with E-state index in [1.54, 1.807) is 6.08 Å². The summed E-state index contributed by atoms with van der Waals surface area (Å²) in [5.41, 5.74) is -3.39. The third kappa shape index (κ3) is 7.66. The number of carbonyl (C=O) groups is 2. The molecule has 3 spiro atoms. The maximum atomic E-state index is 16.4. The highest BCUT2D eigenvalue weighted by atomic mass is 16.5. The lowest BCUT2D eigenvalue weighted by molar-refractivity contribution is -0.379. The third-order valence-corrected chi connectivity index (χ3v) is 31.4. The minimum atomic E-state index is -2.00. The van der Waals surface area contributed by atoms with Crippen LogP contribution in [0, 0.1) is 134 Å². The molecule has 6 N–H and O–H groups in total. The van der Waals surface area contributed by atoms with Gasteiger partial charge in [-0.2, -0.15) is 0 Å². The van der Waals surface area contributed by atoms with Crippen LogP contribution < -0.4 is 5.32 Å². The second-order valence-electron chi connectivity index (χ2n) is 33.9. The Morgan fingerprint density at radius 1 is 0.758 bits per heavy atom. The van der Waals surface area contributed by atoms with Gasteiger partial charge in [-0.15, -0.1) is 5.92 Å². The minimum Gasteiger partial charge on any atom is -0.454 e. The van der Waals surface area contributed by atoms with Gasteiger partial charge in [0.05, 0.1) is 42.0 Å². The van der Waals surface area contributed by atoms with Gasteiger partial charge in [0.1, 0.15) is 18.0 Å². The van der Waals surface area contributed by atoms with Crippen LogP contribution in [0.4, 0.5) is 0 Å². The molecule has 0 radical (unpaired) electrons. The topological polar surface area (TPSA) is 166 Å². The molecule has 91 heavy (non-hydrogen) atoms. The summed E-state index contributed by atoms with van der Waals surface area (Å²) in [6.45, 7) is 1.98. The van der Waals surface area contributed by atoms with E-state index in [-0.39, 0.29) is 86.2 Å². The average molecular weight is 1230 g/mol. The summed E-state index contributed by atoms with van der Waals surface area (Å²) in [6.07, 6.45) is 19.7. The molecule has 10 nitrogen and oxygen atoms in total. The van der Waals surface area contributed by atoms with Crippen LogP contribution in [0.3, 0.4) is 0 Å². The number of aliphatic hydroxyl groups is 5. The highest BCUT2D eigenvalue weighted by Gasteiger charge is 2.90. The molecule has 480 valence electrons. The molecule has 3 aromatic rings. The lowest BCUT2D eigenvalue weighted by Crippen LogP contribution is -2.85. The maximum absolute atomic E-state index is 16.4. The fourth-order valence-corrected chi connectivity index (χ4v) is 28.3. The molecule has 26 unspecified atom stereocenters. The molecule has 10 saturated carbocycles. The van der Waals surface area contributed by atoms with Crippen molar-refractivity contribution in [1.82, 2.24) is 5.32 Å². The van der Waals surface area contributed by atoms with Crippen molar-refractivity contribution < 1.29 is 44.6 Å². The van der Waals surface area contributed by atoms with Crippen LogP contribution in [0.5, 0.6) is 0 Å². The Hall–Kier alpha value is -4.62. The number of ether oxygens (including phenoxy) is 2. The van der Waals surface area contributed by atoms with E-state index in [0.29, 0.717) is 62.2 Å². The Morgan fingerprint density at radius 3 is 2.34 bits per heavy atom. The van der Waals surface area contributed by atoms with Gasteiger partial charge in [0.2, 0.25) is 0 Å². The molecule has 19 rings (SSSR count). The number of esters is 1. The van der Waals surface area contributed by atoms with Crippen LogP contribution in [0.25, 0.3) is 0 Å². The van der Waals surface area contributed by atoms with E-state index < -0.39 is 85.5 Å². The highest BCUT2D eigenvalue weighted by Crippen LogP contribution is 2.85. The van der Waals surface area contributed by atoms with Crippen molar-refractivity contribution in [3.8, 4) is 23.7 Å². The molecule has 11 fully saturated rings. The van der Waals surface area contributed by atoms with Crippen molar-refractivity contribution in [3.63, 3.8) is 0 Å². The van der Waals surface area contributed by atoms with Gasteiger partial charge >= 0.3 is 5.97 Å². The van der Waals surface area contributed by atoms with E-state index in [1.165, 1.54) is 42.2 Å². The summed E-state index contributed by atoms with van der Waals surface area (Å²) in [5, 5.41) is 75.7. The number of hydrogen-bond acceptors (Lipinski definition) is 10. The van der Waals surface area contributed by atoms with Crippen molar-refractivity contribution in [2.75, 3.05) is 13.7 Å². The number of hydrogen-bond donors (Lipinski definition) is 6. The third-order valence-electron chi connectivity index (χ3n) is 31.4. The van der Waals surface area contributed by atoms with Crippen molar-refractivity contribution >= 4 is 12.3 Å². The molecule has 13 aliphatic carbocycles. The van der Waals surface area contributed by atoms with Crippen molar-refractivity contribution in [2.24, 2.45) is 110 Å². The Morgan fingerprint density at radius 2 is 1.54 bits per heavy atom. The van der Waals surface area contributed by atoms with Crippen molar-refractivity contribution in [1.29, 1.82) is 0 Å². The molecule has 17 bridgehead atoms. The molecule has 16 aliphatic rings. The summed E-state index contributed by atoms with van der Waals surface area (Å²) in [6, 6.07) is 26.4. The number of aldehydes is 1. The SMILES string of the molecule is CNC1Cc2c(cccc2CO)C#CC2(CCCC2)CC23CC4C#CCC5C(c6ccccc6)CCC6C5CC5CC7Cc8cccc(c8)CC8CCC(C8)C(C)C8CCC9C(O7)C56CC5(C=O)C4C(O)(CC(C8)C95O)C2(O)CC2CC1C1OC(=O)C=C1C23CO. The lowest BCUT2D eigenvalue weighted by atomic mass is 9.30. The smallest absolute Gasteiger partial charge is 0.331 e. The molecule has 0 aromatic heterocycles. The zero-order valence-corrected chi connectivity index (χ0v) is 53.8. The molecule has 3 heterocycles. The zero-order valence-electron chi connectivity index (χ0n) is 53.8. The number of fused-ring (bicyclic) bond motifs is 9. The molecule has 1 saturated heterocycles. The number of benzene rings is 3. The van der Waals surface area contributed by atoms with Crippen molar-refractivity contribution in [2.45, 2.75) is 215 Å². The zero-order chi connectivity index (χ0) is 61.8. The van der Waals surface area contributed by atoms with Gasteiger partial charge in [0, 0.05) is 69.4 Å². The van der Waals surface area contributed by atoms with E-state index in [0.717, 1.165) is 99.3 Å². The van der Waals surface area contributed by atoms with Crippen LogP contribution in [0.15, 0.2) is 84.4 Å². The first-order chi connectivity index (χ1) is 44.1. The number of nitrogens with one attached hydrogen (secondary N) is 1. The Balaban J connectivity index is 0.904. The molecular formula is C81H97NO9. The summed E-state index contributed by atoms with van der Waals surface area (Å²) >= 11 is 0. The van der Waals surface area contributed by atoms with E-state index in [1.807, 2.05) is 19.2 Å². The largest absolute Gasteiger partial charge is 0.454 e. The summed E-state index contributed by atoms with van der Waals surface area (Å²) in [7, 11) is 1.96. The van der Waals surface area contributed by atoms with Crippen LogP contribution in [0.1, 0.15) is 181 Å². The fraction of sp³-hybridized carbons (Fsp3) is 0.679. The quantitative estimate of drug-likeness (QED) is 0.0823. The second kappa shape index (κ2) is 20.7. The van der Waals surface area contributed by atoms with Gasteiger partial charge in [-0.3, -0.25) is 0 Å². The van der Waals surface area contributed by atoms with Gasteiger partial charge in [-0.05, 0) is 246 Å². The first-order valence-corrected chi connectivity index (χ1v) is 36.5. The van der Waals surface area contributed by atoms with E-state index in [2.05, 4.69) is 96.6 Å². The molecule has 10 heteroatoms. The van der Waals surface area contributed by atoms with E-state index in [9.17, 15) is 15.0 Å². The Bertz CT molecular complexity index is 3630. The van der Waals surface area contributed by atoms with Gasteiger partial charge in [0.25, 0.3) is 0 Å². The predicted molar refractivity (Wildman–Crippen MR) is 345 cm³/mol. The second-order valence-corrected chi connectivity index (χ2v) is 33.9. The molecule has 3 aromatic carbocycles. The first kappa shape index (κ1) is 58.9. The number of likely N-dealkylation sites (N-methyl/N-ethyl adjacent to an activating group) is 1. The normalized spacial score (nSPS) is 49.5. The number of rotatable bonds is 5. The summed E-state index contributed by atoms with van der Waals surface area (Å²) in [4.78, 5) is 31.0. The van der Waals surface area contributed by atoms with Crippen LogP contribution >= 0.6 is 0 Å². The standard InChI is InChI=1S/C81H97NO9/c1-47-53-20-19-50(31-53)30-48-11-8-12-49(29-48)32-60-34-57-35-64-62-18-10-16-55-39-76-43-74(26-6-7-27-74)28-25-52-15-9-17-56(42-83)63(52)37-69(82-2)65-36-58(78(76,46-85)68-38-70(86)91-71(65)68)41-80(76,88)79(87)40-59-33-54(47)21-23-67-73(90-60)77(57,44-75(45-84,72(55)79)81(59,67)89)66(64)24-22-61(62)51-13-4-3-5-14-51/h3-5,8-9,11-15,17,29,38,45,47,50,53-55,57-62,64-67,69,71-73,82-83,85,87-89H,6-7,18-24,26-27,30-37,39-44,46H2,1-2H3. The average Bonchev–Trinajstić information content (AvgIpc) is 1.60. The monoisotopic (exact) mass is 1230 g/mol. The van der Waals surface area contributed by atoms with Crippen LogP contribution in [-0.4, -0.2) is 92.6 Å².